The van der Waals surface area contributed by atoms with Gasteiger partial charge in [-0.2, -0.15) is 5.26 Å². The van der Waals surface area contributed by atoms with Gasteiger partial charge in [-0.15, -0.1) is 0 Å². The highest BCUT2D eigenvalue weighted by Gasteiger charge is 2.21. The standard InChI is InChI=1S/C22H22ClN3O3/c23-17-6-9-19(22(28)26-12-2-1-3-13-26)20(14-17)25-21(27)15-29-18-7-4-16(5-8-18)10-11-24/h4-9,14H,1-3,10,12-13,15H2,(H,25,27). The molecule has 0 radical (unpaired) electrons. The van der Waals surface area contributed by atoms with Crippen LogP contribution in [-0.4, -0.2) is 36.4 Å². The van der Waals surface area contributed by atoms with E-state index in [0.29, 0.717) is 28.4 Å². The molecular weight excluding hydrogens is 390 g/mol. The summed E-state index contributed by atoms with van der Waals surface area (Å²) in [6.45, 7) is 1.24. The molecule has 2 amide bonds. The molecule has 1 saturated heterocycles. The zero-order valence-electron chi connectivity index (χ0n) is 16.0. The van der Waals surface area contributed by atoms with Crippen LogP contribution in [0.4, 0.5) is 5.69 Å². The van der Waals surface area contributed by atoms with E-state index in [-0.39, 0.29) is 18.4 Å². The Hall–Kier alpha value is -3.04. The van der Waals surface area contributed by atoms with Gasteiger partial charge in [-0.05, 0) is 55.2 Å². The molecule has 0 aromatic heterocycles. The smallest absolute Gasteiger partial charge is 0.262 e. The van der Waals surface area contributed by atoms with Crippen molar-refractivity contribution in [1.82, 2.24) is 4.90 Å². The molecule has 0 saturated carbocycles. The number of ether oxygens (including phenoxy) is 1. The molecule has 0 spiro atoms. The summed E-state index contributed by atoms with van der Waals surface area (Å²) in [6.07, 6.45) is 3.43. The fourth-order valence-corrected chi connectivity index (χ4v) is 3.38. The van der Waals surface area contributed by atoms with Gasteiger partial charge in [0.2, 0.25) is 0 Å². The SMILES string of the molecule is N#CCc1ccc(OCC(=O)Nc2cc(Cl)ccc2C(=O)N2CCCCC2)cc1. The van der Waals surface area contributed by atoms with Crippen molar-refractivity contribution in [1.29, 1.82) is 5.26 Å². The molecule has 7 heteroatoms. The monoisotopic (exact) mass is 411 g/mol. The van der Waals surface area contributed by atoms with E-state index in [0.717, 1.165) is 37.9 Å². The maximum absolute atomic E-state index is 12.9. The summed E-state index contributed by atoms with van der Waals surface area (Å²) in [4.78, 5) is 27.0. The zero-order chi connectivity index (χ0) is 20.6. The zero-order valence-corrected chi connectivity index (χ0v) is 16.7. The van der Waals surface area contributed by atoms with Crippen LogP contribution in [0.5, 0.6) is 5.75 Å². The topological polar surface area (TPSA) is 82.4 Å². The van der Waals surface area contributed by atoms with E-state index in [1.165, 1.54) is 0 Å². The summed E-state index contributed by atoms with van der Waals surface area (Å²) in [5.74, 6) is 0.0317. The summed E-state index contributed by atoms with van der Waals surface area (Å²) >= 11 is 6.07. The average molecular weight is 412 g/mol. The number of halogens is 1. The summed E-state index contributed by atoms with van der Waals surface area (Å²) in [6, 6.07) is 13.9. The van der Waals surface area contributed by atoms with Crippen molar-refractivity contribution >= 4 is 29.1 Å². The molecule has 0 bridgehead atoms. The second-order valence-electron chi connectivity index (χ2n) is 6.86. The first kappa shape index (κ1) is 20.7. The molecule has 0 aliphatic carbocycles. The molecule has 0 unspecified atom stereocenters. The fourth-order valence-electron chi connectivity index (χ4n) is 3.20. The Morgan fingerprint density at radius 2 is 1.83 bits per heavy atom. The highest BCUT2D eigenvalue weighted by atomic mass is 35.5. The van der Waals surface area contributed by atoms with Crippen molar-refractivity contribution in [3.05, 3.63) is 58.6 Å². The van der Waals surface area contributed by atoms with Crippen molar-refractivity contribution in [3.63, 3.8) is 0 Å². The molecule has 1 heterocycles. The first-order valence-electron chi connectivity index (χ1n) is 9.54. The van der Waals surface area contributed by atoms with Crippen LogP contribution in [0.3, 0.4) is 0 Å². The number of benzene rings is 2. The summed E-state index contributed by atoms with van der Waals surface area (Å²) in [5, 5.41) is 11.9. The van der Waals surface area contributed by atoms with Crippen LogP contribution in [0.1, 0.15) is 35.2 Å². The highest BCUT2D eigenvalue weighted by molar-refractivity contribution is 6.31. The van der Waals surface area contributed by atoms with Gasteiger partial charge >= 0.3 is 0 Å². The average Bonchev–Trinajstić information content (AvgIpc) is 2.74. The van der Waals surface area contributed by atoms with E-state index in [9.17, 15) is 9.59 Å². The number of hydrogen-bond donors (Lipinski definition) is 1. The fraction of sp³-hybridized carbons (Fsp3) is 0.318. The Balaban J connectivity index is 1.64. The highest BCUT2D eigenvalue weighted by Crippen LogP contribution is 2.24. The maximum atomic E-state index is 12.9. The lowest BCUT2D eigenvalue weighted by Gasteiger charge is -2.27. The molecular formula is C22H22ClN3O3. The largest absolute Gasteiger partial charge is 0.484 e. The molecule has 1 fully saturated rings. The van der Waals surface area contributed by atoms with Gasteiger partial charge in [-0.25, -0.2) is 0 Å². The first-order chi connectivity index (χ1) is 14.1. The number of carbonyl (C=O) groups is 2. The van der Waals surface area contributed by atoms with Crippen molar-refractivity contribution < 1.29 is 14.3 Å². The number of carbonyl (C=O) groups excluding carboxylic acids is 2. The van der Waals surface area contributed by atoms with E-state index in [2.05, 4.69) is 11.4 Å². The Labute approximate surface area is 175 Å². The van der Waals surface area contributed by atoms with Gasteiger partial charge in [0.15, 0.2) is 6.61 Å². The van der Waals surface area contributed by atoms with Crippen molar-refractivity contribution in [3.8, 4) is 11.8 Å². The van der Waals surface area contributed by atoms with Gasteiger partial charge in [0.1, 0.15) is 5.75 Å². The minimum absolute atomic E-state index is 0.106. The molecule has 1 aliphatic heterocycles. The van der Waals surface area contributed by atoms with Gasteiger partial charge in [-0.3, -0.25) is 9.59 Å². The Morgan fingerprint density at radius 3 is 2.52 bits per heavy atom. The molecule has 29 heavy (non-hydrogen) atoms. The number of piperidine rings is 1. The molecule has 150 valence electrons. The van der Waals surface area contributed by atoms with Crippen molar-refractivity contribution in [2.24, 2.45) is 0 Å². The third-order valence-corrected chi connectivity index (χ3v) is 4.94. The molecule has 6 nitrogen and oxygen atoms in total. The van der Waals surface area contributed by atoms with Crippen LogP contribution in [0.15, 0.2) is 42.5 Å². The van der Waals surface area contributed by atoms with Gasteiger partial charge in [-0.1, -0.05) is 23.7 Å². The van der Waals surface area contributed by atoms with E-state index < -0.39 is 0 Å². The molecule has 1 aliphatic rings. The summed E-state index contributed by atoms with van der Waals surface area (Å²) in [7, 11) is 0. The van der Waals surface area contributed by atoms with Crippen LogP contribution >= 0.6 is 11.6 Å². The lowest BCUT2D eigenvalue weighted by Crippen LogP contribution is -2.36. The number of hydrogen-bond acceptors (Lipinski definition) is 4. The lowest BCUT2D eigenvalue weighted by atomic mass is 10.1. The van der Waals surface area contributed by atoms with Gasteiger partial charge in [0.05, 0.1) is 23.7 Å². The Kier molecular flexibility index (Phi) is 7.09. The predicted molar refractivity (Wildman–Crippen MR) is 111 cm³/mol. The van der Waals surface area contributed by atoms with Crippen molar-refractivity contribution in [2.75, 3.05) is 25.0 Å². The van der Waals surface area contributed by atoms with Crippen molar-refractivity contribution in [2.45, 2.75) is 25.7 Å². The molecule has 3 rings (SSSR count). The number of amides is 2. The number of nitriles is 1. The van der Waals surface area contributed by atoms with Gasteiger partial charge in [0, 0.05) is 18.1 Å². The van der Waals surface area contributed by atoms with E-state index in [1.54, 1.807) is 42.5 Å². The maximum Gasteiger partial charge on any atom is 0.262 e. The lowest BCUT2D eigenvalue weighted by molar-refractivity contribution is -0.118. The molecule has 1 N–H and O–H groups in total. The van der Waals surface area contributed by atoms with E-state index in [4.69, 9.17) is 21.6 Å². The summed E-state index contributed by atoms with van der Waals surface area (Å²) < 4.78 is 5.50. The molecule has 0 atom stereocenters. The first-order valence-corrected chi connectivity index (χ1v) is 9.92. The number of anilines is 1. The number of nitrogens with one attached hydrogen (secondary N) is 1. The van der Waals surface area contributed by atoms with Crippen LogP contribution in [0, 0.1) is 11.3 Å². The third-order valence-electron chi connectivity index (χ3n) is 4.71. The number of likely N-dealkylation sites (tertiary alicyclic amines) is 1. The minimum Gasteiger partial charge on any atom is -0.484 e. The van der Waals surface area contributed by atoms with E-state index in [1.807, 2.05) is 4.90 Å². The molecule has 2 aromatic carbocycles. The van der Waals surface area contributed by atoms with Gasteiger partial charge < -0.3 is 15.0 Å². The normalized spacial score (nSPS) is 13.4. The quantitative estimate of drug-likeness (QED) is 0.777. The van der Waals surface area contributed by atoms with Crippen LogP contribution in [0.25, 0.3) is 0 Å². The third kappa shape index (κ3) is 5.72. The number of rotatable bonds is 6. The second kappa shape index (κ2) is 9.94. The Bertz CT molecular complexity index is 916. The summed E-state index contributed by atoms with van der Waals surface area (Å²) in [5.41, 5.74) is 1.68. The van der Waals surface area contributed by atoms with Crippen LogP contribution < -0.4 is 10.1 Å². The predicted octanol–water partition coefficient (Wildman–Crippen LogP) is 4.05. The van der Waals surface area contributed by atoms with Crippen LogP contribution in [-0.2, 0) is 11.2 Å². The molecule has 2 aromatic rings. The minimum atomic E-state index is -0.388. The van der Waals surface area contributed by atoms with Gasteiger partial charge in [0.25, 0.3) is 11.8 Å². The van der Waals surface area contributed by atoms with E-state index >= 15 is 0 Å². The Morgan fingerprint density at radius 1 is 1.10 bits per heavy atom. The second-order valence-corrected chi connectivity index (χ2v) is 7.29. The van der Waals surface area contributed by atoms with Crippen LogP contribution in [0.2, 0.25) is 5.02 Å². The number of nitrogens with zero attached hydrogens (tertiary/aromatic N) is 2.